The lowest BCUT2D eigenvalue weighted by Crippen LogP contribution is -2.19. The van der Waals surface area contributed by atoms with Crippen molar-refractivity contribution in [1.29, 1.82) is 0 Å². The zero-order valence-corrected chi connectivity index (χ0v) is 10.8. The van der Waals surface area contributed by atoms with Gasteiger partial charge in [0.25, 0.3) is 0 Å². The minimum atomic E-state index is -0.403. The zero-order chi connectivity index (χ0) is 13.7. The van der Waals surface area contributed by atoms with Crippen LogP contribution >= 0.6 is 0 Å². The number of nitrogens with two attached hydrogens (primary N) is 1. The summed E-state index contributed by atoms with van der Waals surface area (Å²) in [6.45, 7) is 2.72. The lowest BCUT2D eigenvalue weighted by atomic mass is 10.1. The molecule has 1 aromatic carbocycles. The number of hydrogen-bond acceptors (Lipinski definition) is 3. The minimum Gasteiger partial charge on any atom is -0.366 e. The van der Waals surface area contributed by atoms with Crippen LogP contribution in [0.2, 0.25) is 0 Å². The van der Waals surface area contributed by atoms with Crippen molar-refractivity contribution >= 4 is 5.91 Å². The van der Waals surface area contributed by atoms with E-state index in [2.05, 4.69) is 17.2 Å². The van der Waals surface area contributed by atoms with E-state index in [0.29, 0.717) is 12.1 Å². The van der Waals surface area contributed by atoms with Crippen LogP contribution in [-0.4, -0.2) is 10.9 Å². The largest absolute Gasteiger partial charge is 0.366 e. The molecule has 0 bridgehead atoms. The van der Waals surface area contributed by atoms with Crippen molar-refractivity contribution in [3.05, 3.63) is 65.5 Å². The molecule has 19 heavy (non-hydrogen) atoms. The minimum absolute atomic E-state index is 0.151. The summed E-state index contributed by atoms with van der Waals surface area (Å²) in [6.07, 6.45) is 1.78. The molecule has 1 amide bonds. The number of carbonyl (C=O) groups is 1. The quantitative estimate of drug-likeness (QED) is 0.859. The van der Waals surface area contributed by atoms with Crippen LogP contribution in [0.4, 0.5) is 0 Å². The van der Waals surface area contributed by atoms with Gasteiger partial charge in [0.2, 0.25) is 5.91 Å². The van der Waals surface area contributed by atoms with Crippen molar-refractivity contribution in [2.45, 2.75) is 19.5 Å². The summed E-state index contributed by atoms with van der Waals surface area (Å²) in [7, 11) is 0. The molecule has 0 unspecified atom stereocenters. The van der Waals surface area contributed by atoms with E-state index in [4.69, 9.17) is 5.73 Å². The summed E-state index contributed by atoms with van der Waals surface area (Å²) in [4.78, 5) is 15.4. The summed E-state index contributed by atoms with van der Waals surface area (Å²) < 4.78 is 0. The molecule has 1 aromatic heterocycles. The third-order valence-corrected chi connectivity index (χ3v) is 2.96. The van der Waals surface area contributed by atoms with Gasteiger partial charge in [0, 0.05) is 24.3 Å². The Morgan fingerprint density at radius 1 is 1.32 bits per heavy atom. The Bertz CT molecular complexity index is 554. The average Bonchev–Trinajstić information content (AvgIpc) is 2.46. The van der Waals surface area contributed by atoms with E-state index in [1.54, 1.807) is 18.3 Å². The van der Waals surface area contributed by atoms with E-state index < -0.39 is 5.91 Å². The highest BCUT2D eigenvalue weighted by Gasteiger charge is 2.06. The maximum atomic E-state index is 11.1. The molecule has 0 aliphatic carbocycles. The highest BCUT2D eigenvalue weighted by Crippen LogP contribution is 2.10. The Morgan fingerprint density at radius 2 is 2.16 bits per heavy atom. The maximum absolute atomic E-state index is 11.1. The Balaban J connectivity index is 1.99. The molecule has 0 aliphatic rings. The lowest BCUT2D eigenvalue weighted by molar-refractivity contribution is 0.1000. The van der Waals surface area contributed by atoms with Gasteiger partial charge in [0.1, 0.15) is 0 Å². The predicted octanol–water partition coefficient (Wildman–Crippen LogP) is 2.03. The third kappa shape index (κ3) is 3.63. The number of hydrogen-bond donors (Lipinski definition) is 2. The second-order valence-electron chi connectivity index (χ2n) is 4.42. The molecular formula is C15H17N3O. The number of carbonyl (C=O) groups excluding carboxylic acids is 1. The van der Waals surface area contributed by atoms with E-state index in [1.165, 1.54) is 0 Å². The van der Waals surface area contributed by atoms with E-state index in [0.717, 1.165) is 11.3 Å². The third-order valence-electron chi connectivity index (χ3n) is 2.96. The van der Waals surface area contributed by atoms with Gasteiger partial charge in [-0.05, 0) is 36.8 Å². The predicted molar refractivity (Wildman–Crippen MR) is 74.5 cm³/mol. The Morgan fingerprint density at radius 3 is 2.84 bits per heavy atom. The fraction of sp³-hybridized carbons (Fsp3) is 0.200. The van der Waals surface area contributed by atoms with Crippen LogP contribution in [0.5, 0.6) is 0 Å². The smallest absolute Gasteiger partial charge is 0.248 e. The standard InChI is InChI=1S/C15H17N3O/c1-11(14-7-2-3-8-17-14)18-10-12-5-4-6-13(9-12)15(16)19/h2-9,11,18H,10H2,1H3,(H2,16,19)/t11-/m1/s1. The van der Waals surface area contributed by atoms with E-state index >= 15 is 0 Å². The number of amides is 1. The summed E-state index contributed by atoms with van der Waals surface area (Å²) in [6, 6.07) is 13.3. The molecule has 4 heteroatoms. The lowest BCUT2D eigenvalue weighted by Gasteiger charge is -2.13. The molecule has 2 rings (SSSR count). The zero-order valence-electron chi connectivity index (χ0n) is 10.8. The topological polar surface area (TPSA) is 68.0 Å². The first-order chi connectivity index (χ1) is 9.16. The van der Waals surface area contributed by atoms with Gasteiger partial charge in [-0.15, -0.1) is 0 Å². The SMILES string of the molecule is C[C@@H](NCc1cccc(C(N)=O)c1)c1ccccn1. The second-order valence-corrected chi connectivity index (χ2v) is 4.42. The van der Waals surface area contributed by atoms with Crippen LogP contribution in [0.3, 0.4) is 0 Å². The number of nitrogens with zero attached hydrogens (tertiary/aromatic N) is 1. The number of aromatic nitrogens is 1. The van der Waals surface area contributed by atoms with Crippen LogP contribution in [-0.2, 0) is 6.54 Å². The molecule has 98 valence electrons. The molecule has 4 nitrogen and oxygen atoms in total. The molecule has 1 heterocycles. The van der Waals surface area contributed by atoms with Crippen molar-refractivity contribution in [3.8, 4) is 0 Å². The second kappa shape index (κ2) is 6.11. The van der Waals surface area contributed by atoms with Gasteiger partial charge in [0.15, 0.2) is 0 Å². The summed E-state index contributed by atoms with van der Waals surface area (Å²) in [5.74, 6) is -0.403. The van der Waals surface area contributed by atoms with Crippen LogP contribution in [0, 0.1) is 0 Å². The van der Waals surface area contributed by atoms with Crippen molar-refractivity contribution < 1.29 is 4.79 Å². The Hall–Kier alpha value is -2.20. The van der Waals surface area contributed by atoms with Gasteiger partial charge in [-0.2, -0.15) is 0 Å². The highest BCUT2D eigenvalue weighted by molar-refractivity contribution is 5.92. The van der Waals surface area contributed by atoms with Crippen LogP contribution in [0.1, 0.15) is 34.6 Å². The first-order valence-corrected chi connectivity index (χ1v) is 6.20. The highest BCUT2D eigenvalue weighted by atomic mass is 16.1. The fourth-order valence-corrected chi connectivity index (χ4v) is 1.84. The molecule has 1 atom stereocenters. The molecule has 0 saturated heterocycles. The summed E-state index contributed by atoms with van der Waals surface area (Å²) in [5.41, 5.74) is 7.81. The molecule has 0 saturated carbocycles. The Labute approximate surface area is 112 Å². The van der Waals surface area contributed by atoms with E-state index in [1.807, 2.05) is 30.3 Å². The average molecular weight is 255 g/mol. The maximum Gasteiger partial charge on any atom is 0.248 e. The normalized spacial score (nSPS) is 12.1. The summed E-state index contributed by atoms with van der Waals surface area (Å²) in [5, 5.41) is 3.37. The summed E-state index contributed by atoms with van der Waals surface area (Å²) >= 11 is 0. The van der Waals surface area contributed by atoms with Crippen molar-refractivity contribution in [1.82, 2.24) is 10.3 Å². The first-order valence-electron chi connectivity index (χ1n) is 6.20. The first kappa shape index (κ1) is 13.2. The van der Waals surface area contributed by atoms with Crippen LogP contribution < -0.4 is 11.1 Å². The molecule has 3 N–H and O–H groups in total. The van der Waals surface area contributed by atoms with Crippen LogP contribution in [0.15, 0.2) is 48.7 Å². The molecule has 0 spiro atoms. The van der Waals surface area contributed by atoms with Gasteiger partial charge >= 0.3 is 0 Å². The van der Waals surface area contributed by atoms with Gasteiger partial charge in [-0.25, -0.2) is 0 Å². The van der Waals surface area contributed by atoms with E-state index in [-0.39, 0.29) is 6.04 Å². The number of rotatable bonds is 5. The van der Waals surface area contributed by atoms with Gasteiger partial charge in [-0.1, -0.05) is 18.2 Å². The molecule has 0 radical (unpaired) electrons. The molecule has 2 aromatic rings. The Kier molecular flexibility index (Phi) is 4.26. The van der Waals surface area contributed by atoms with Gasteiger partial charge in [-0.3, -0.25) is 9.78 Å². The fourth-order valence-electron chi connectivity index (χ4n) is 1.84. The molecular weight excluding hydrogens is 238 g/mol. The van der Waals surface area contributed by atoms with E-state index in [9.17, 15) is 4.79 Å². The van der Waals surface area contributed by atoms with Gasteiger partial charge < -0.3 is 11.1 Å². The van der Waals surface area contributed by atoms with Crippen molar-refractivity contribution in [2.24, 2.45) is 5.73 Å². The number of nitrogens with one attached hydrogen (secondary N) is 1. The molecule has 0 aliphatic heterocycles. The monoisotopic (exact) mass is 255 g/mol. The van der Waals surface area contributed by atoms with Crippen LogP contribution in [0.25, 0.3) is 0 Å². The number of primary amides is 1. The van der Waals surface area contributed by atoms with Gasteiger partial charge in [0.05, 0.1) is 5.69 Å². The van der Waals surface area contributed by atoms with Crippen molar-refractivity contribution in [3.63, 3.8) is 0 Å². The van der Waals surface area contributed by atoms with Crippen molar-refractivity contribution in [2.75, 3.05) is 0 Å². The number of benzene rings is 1. The number of pyridine rings is 1. The molecule has 0 fully saturated rings.